The lowest BCUT2D eigenvalue weighted by atomic mass is 9.97. The second kappa shape index (κ2) is 4.39. The maximum absolute atomic E-state index is 6.19. The van der Waals surface area contributed by atoms with E-state index in [4.69, 9.17) is 8.83 Å². The number of para-hydroxylation sites is 2. The normalized spacial score (nSPS) is 12.3. The predicted molar refractivity (Wildman–Crippen MR) is 95.1 cm³/mol. The Balaban J connectivity index is 2.10. The van der Waals surface area contributed by atoms with E-state index in [1.165, 1.54) is 10.8 Å². The molecule has 2 aromatic heterocycles. The highest BCUT2D eigenvalue weighted by Crippen LogP contribution is 2.42. The molecule has 112 valence electrons. The van der Waals surface area contributed by atoms with E-state index in [-0.39, 0.29) is 0 Å². The van der Waals surface area contributed by atoms with Crippen molar-refractivity contribution in [2.45, 2.75) is 19.8 Å². The maximum atomic E-state index is 6.19. The van der Waals surface area contributed by atoms with Gasteiger partial charge in [0, 0.05) is 27.1 Å². The van der Waals surface area contributed by atoms with Crippen molar-refractivity contribution in [3.63, 3.8) is 0 Å². The number of hydrogen-bond acceptors (Lipinski definition) is 2. The molecule has 0 aliphatic heterocycles. The molecule has 0 unspecified atom stereocenters. The van der Waals surface area contributed by atoms with E-state index < -0.39 is 0 Å². The molecule has 0 aliphatic carbocycles. The third kappa shape index (κ3) is 1.63. The topological polar surface area (TPSA) is 26.3 Å². The van der Waals surface area contributed by atoms with Gasteiger partial charge in [-0.3, -0.25) is 0 Å². The Morgan fingerprint density at radius 3 is 1.61 bits per heavy atom. The summed E-state index contributed by atoms with van der Waals surface area (Å²) < 4.78 is 12.4. The standard InChI is InChI=1S/C21H16O2/c1-12(2)19-20-15(13-7-3-5-9-17(13)22-20)11-16-14-8-4-6-10-18(14)23-21(16)19/h3-12H,1-2H3. The van der Waals surface area contributed by atoms with Gasteiger partial charge in [0.25, 0.3) is 0 Å². The molecule has 3 aromatic carbocycles. The molecule has 0 aliphatic rings. The minimum absolute atomic E-state index is 0.322. The van der Waals surface area contributed by atoms with E-state index in [9.17, 15) is 0 Å². The number of rotatable bonds is 1. The molecule has 0 bridgehead atoms. The predicted octanol–water partition coefficient (Wildman–Crippen LogP) is 6.61. The van der Waals surface area contributed by atoms with E-state index in [2.05, 4.69) is 44.2 Å². The number of hydrogen-bond donors (Lipinski definition) is 0. The lowest BCUT2D eigenvalue weighted by Gasteiger charge is -2.07. The molecular formula is C21H16O2. The zero-order valence-corrected chi connectivity index (χ0v) is 13.1. The molecule has 0 spiro atoms. The molecule has 0 saturated heterocycles. The van der Waals surface area contributed by atoms with Crippen LogP contribution >= 0.6 is 0 Å². The van der Waals surface area contributed by atoms with Crippen LogP contribution in [0.5, 0.6) is 0 Å². The van der Waals surface area contributed by atoms with Crippen LogP contribution in [-0.2, 0) is 0 Å². The van der Waals surface area contributed by atoms with Gasteiger partial charge in [-0.1, -0.05) is 50.2 Å². The van der Waals surface area contributed by atoms with E-state index in [1.807, 2.05) is 24.3 Å². The van der Waals surface area contributed by atoms with Crippen LogP contribution in [0, 0.1) is 0 Å². The molecule has 0 radical (unpaired) electrons. The van der Waals surface area contributed by atoms with Crippen LogP contribution in [0.4, 0.5) is 0 Å². The van der Waals surface area contributed by atoms with Crippen LogP contribution in [0.1, 0.15) is 25.3 Å². The smallest absolute Gasteiger partial charge is 0.142 e. The Bertz CT molecular complexity index is 1100. The molecule has 0 fully saturated rings. The van der Waals surface area contributed by atoms with Crippen LogP contribution < -0.4 is 0 Å². The first kappa shape index (κ1) is 12.8. The van der Waals surface area contributed by atoms with Gasteiger partial charge in [-0.2, -0.15) is 0 Å². The molecule has 2 nitrogen and oxygen atoms in total. The lowest BCUT2D eigenvalue weighted by Crippen LogP contribution is -1.89. The van der Waals surface area contributed by atoms with Gasteiger partial charge >= 0.3 is 0 Å². The van der Waals surface area contributed by atoms with Gasteiger partial charge in [-0.05, 0) is 24.1 Å². The Morgan fingerprint density at radius 2 is 1.13 bits per heavy atom. The number of fused-ring (bicyclic) bond motifs is 6. The Morgan fingerprint density at radius 1 is 0.652 bits per heavy atom. The summed E-state index contributed by atoms with van der Waals surface area (Å²) >= 11 is 0. The van der Waals surface area contributed by atoms with Crippen LogP contribution in [0.3, 0.4) is 0 Å². The highest BCUT2D eigenvalue weighted by molar-refractivity contribution is 6.17. The van der Waals surface area contributed by atoms with Gasteiger partial charge in [0.1, 0.15) is 22.3 Å². The van der Waals surface area contributed by atoms with Gasteiger partial charge in [0.15, 0.2) is 0 Å². The molecule has 0 N–H and O–H groups in total. The first-order valence-electron chi connectivity index (χ1n) is 7.99. The van der Waals surface area contributed by atoms with Crippen molar-refractivity contribution in [2.75, 3.05) is 0 Å². The van der Waals surface area contributed by atoms with Crippen molar-refractivity contribution in [1.29, 1.82) is 0 Å². The molecule has 0 saturated carbocycles. The minimum atomic E-state index is 0.322. The monoisotopic (exact) mass is 300 g/mol. The van der Waals surface area contributed by atoms with Gasteiger partial charge in [-0.15, -0.1) is 0 Å². The third-order valence-corrected chi connectivity index (χ3v) is 4.62. The first-order chi connectivity index (χ1) is 11.2. The first-order valence-corrected chi connectivity index (χ1v) is 7.99. The van der Waals surface area contributed by atoms with Gasteiger partial charge in [0.05, 0.1) is 0 Å². The van der Waals surface area contributed by atoms with Crippen molar-refractivity contribution in [3.05, 3.63) is 60.2 Å². The Kier molecular flexibility index (Phi) is 2.44. The van der Waals surface area contributed by atoms with E-state index >= 15 is 0 Å². The summed E-state index contributed by atoms with van der Waals surface area (Å²) in [4.78, 5) is 0. The molecule has 0 amide bonds. The number of benzene rings is 3. The molecule has 5 aromatic rings. The summed E-state index contributed by atoms with van der Waals surface area (Å²) in [5, 5.41) is 4.67. The summed E-state index contributed by atoms with van der Waals surface area (Å²) in [5.74, 6) is 0.322. The molecule has 23 heavy (non-hydrogen) atoms. The third-order valence-electron chi connectivity index (χ3n) is 4.62. The molecule has 5 rings (SSSR count). The van der Waals surface area contributed by atoms with Crippen molar-refractivity contribution >= 4 is 43.9 Å². The van der Waals surface area contributed by atoms with Crippen molar-refractivity contribution in [2.24, 2.45) is 0 Å². The van der Waals surface area contributed by atoms with E-state index in [0.29, 0.717) is 5.92 Å². The number of furan rings is 2. The van der Waals surface area contributed by atoms with Crippen LogP contribution in [0.15, 0.2) is 63.4 Å². The van der Waals surface area contributed by atoms with Gasteiger partial charge in [-0.25, -0.2) is 0 Å². The van der Waals surface area contributed by atoms with E-state index in [0.717, 1.165) is 38.7 Å². The summed E-state index contributed by atoms with van der Waals surface area (Å²) in [6.45, 7) is 4.38. The van der Waals surface area contributed by atoms with Crippen molar-refractivity contribution in [3.8, 4) is 0 Å². The highest BCUT2D eigenvalue weighted by atomic mass is 16.3. The second-order valence-electron chi connectivity index (χ2n) is 6.39. The molecular weight excluding hydrogens is 284 g/mol. The fourth-order valence-electron chi connectivity index (χ4n) is 3.59. The lowest BCUT2D eigenvalue weighted by molar-refractivity contribution is 0.637. The Hall–Kier alpha value is -2.74. The zero-order valence-electron chi connectivity index (χ0n) is 13.1. The minimum Gasteiger partial charge on any atom is -0.456 e. The average Bonchev–Trinajstić information content (AvgIpc) is 3.10. The summed E-state index contributed by atoms with van der Waals surface area (Å²) in [6.07, 6.45) is 0. The van der Waals surface area contributed by atoms with Gasteiger partial charge in [0.2, 0.25) is 0 Å². The summed E-state index contributed by atoms with van der Waals surface area (Å²) in [6, 6.07) is 18.7. The van der Waals surface area contributed by atoms with E-state index in [1.54, 1.807) is 0 Å². The van der Waals surface area contributed by atoms with Crippen molar-refractivity contribution < 1.29 is 8.83 Å². The largest absolute Gasteiger partial charge is 0.456 e. The highest BCUT2D eigenvalue weighted by Gasteiger charge is 2.20. The molecule has 0 atom stereocenters. The SMILES string of the molecule is CC(C)c1c2oc3ccccc3c2cc2c1oc1ccccc12. The zero-order chi connectivity index (χ0) is 15.6. The van der Waals surface area contributed by atoms with Crippen LogP contribution in [-0.4, -0.2) is 0 Å². The fourth-order valence-corrected chi connectivity index (χ4v) is 3.59. The maximum Gasteiger partial charge on any atom is 0.142 e. The van der Waals surface area contributed by atoms with Crippen LogP contribution in [0.2, 0.25) is 0 Å². The quantitative estimate of drug-likeness (QED) is 0.348. The Labute approximate surface area is 133 Å². The average molecular weight is 300 g/mol. The van der Waals surface area contributed by atoms with Crippen LogP contribution in [0.25, 0.3) is 43.9 Å². The van der Waals surface area contributed by atoms with Crippen molar-refractivity contribution in [1.82, 2.24) is 0 Å². The summed E-state index contributed by atoms with van der Waals surface area (Å²) in [7, 11) is 0. The second-order valence-corrected chi connectivity index (χ2v) is 6.39. The summed E-state index contributed by atoms with van der Waals surface area (Å²) in [5.41, 5.74) is 4.92. The van der Waals surface area contributed by atoms with Gasteiger partial charge < -0.3 is 8.83 Å². The fraction of sp³-hybridized carbons (Fsp3) is 0.143. The molecule has 2 heteroatoms. The molecule has 2 heterocycles.